The highest BCUT2D eigenvalue weighted by Gasteiger charge is 2.30. The zero-order valence-corrected chi connectivity index (χ0v) is 17.4. The standard InChI is InChI=1S/C24H25FN4O2/c1-2-17-14-19(27-28-23(17)30)12-16-8-9-21(25)20(13-16)24(31)29-11-10-26-15-22(29)18-6-4-3-5-7-18/h3-9,13-14,22,26H,2,10-12,15H2,1H3,(H,28,30). The number of aromatic nitrogens is 2. The first-order valence-corrected chi connectivity index (χ1v) is 10.5. The summed E-state index contributed by atoms with van der Waals surface area (Å²) in [4.78, 5) is 26.8. The smallest absolute Gasteiger partial charge is 0.267 e. The van der Waals surface area contributed by atoms with Gasteiger partial charge >= 0.3 is 0 Å². The van der Waals surface area contributed by atoms with E-state index in [1.54, 1.807) is 23.1 Å². The molecule has 6 nitrogen and oxygen atoms in total. The fourth-order valence-corrected chi connectivity index (χ4v) is 3.98. The highest BCUT2D eigenvalue weighted by atomic mass is 19.1. The number of aromatic amines is 1. The van der Waals surface area contributed by atoms with Crippen molar-refractivity contribution in [3.8, 4) is 0 Å². The molecule has 1 aromatic heterocycles. The molecule has 0 radical (unpaired) electrons. The van der Waals surface area contributed by atoms with E-state index >= 15 is 0 Å². The largest absolute Gasteiger partial charge is 0.329 e. The molecule has 0 spiro atoms. The van der Waals surface area contributed by atoms with Crippen LogP contribution in [0.15, 0.2) is 59.4 Å². The van der Waals surface area contributed by atoms with Crippen molar-refractivity contribution in [3.63, 3.8) is 0 Å². The highest BCUT2D eigenvalue weighted by molar-refractivity contribution is 5.95. The number of nitrogens with zero attached hydrogens (tertiary/aromatic N) is 2. The Morgan fingerprint density at radius 3 is 2.77 bits per heavy atom. The van der Waals surface area contributed by atoms with Crippen LogP contribution in [-0.2, 0) is 12.8 Å². The van der Waals surface area contributed by atoms with Gasteiger partial charge in [-0.15, -0.1) is 0 Å². The molecule has 160 valence electrons. The van der Waals surface area contributed by atoms with E-state index in [4.69, 9.17) is 0 Å². The number of hydrogen-bond acceptors (Lipinski definition) is 4. The highest BCUT2D eigenvalue weighted by Crippen LogP contribution is 2.25. The van der Waals surface area contributed by atoms with E-state index in [1.165, 1.54) is 6.07 Å². The maximum absolute atomic E-state index is 14.7. The molecule has 1 saturated heterocycles. The number of carbonyl (C=O) groups excluding carboxylic acids is 1. The third-order valence-corrected chi connectivity index (χ3v) is 5.65. The lowest BCUT2D eigenvalue weighted by atomic mass is 10.00. The second kappa shape index (κ2) is 9.22. The number of hydrogen-bond donors (Lipinski definition) is 2. The molecule has 0 saturated carbocycles. The van der Waals surface area contributed by atoms with Crippen LogP contribution in [0.4, 0.5) is 4.39 Å². The van der Waals surface area contributed by atoms with Crippen LogP contribution >= 0.6 is 0 Å². The minimum atomic E-state index is -0.539. The monoisotopic (exact) mass is 420 g/mol. The van der Waals surface area contributed by atoms with Gasteiger partial charge < -0.3 is 10.2 Å². The van der Waals surface area contributed by atoms with Crippen LogP contribution in [0.2, 0.25) is 0 Å². The van der Waals surface area contributed by atoms with Gasteiger partial charge in [0.1, 0.15) is 5.82 Å². The summed E-state index contributed by atoms with van der Waals surface area (Å²) in [5, 5.41) is 9.91. The molecular formula is C24H25FN4O2. The van der Waals surface area contributed by atoms with Crippen molar-refractivity contribution in [3.05, 3.63) is 98.7 Å². The molecule has 2 aromatic carbocycles. The normalized spacial score (nSPS) is 16.3. The van der Waals surface area contributed by atoms with Crippen molar-refractivity contribution in [2.24, 2.45) is 0 Å². The summed E-state index contributed by atoms with van der Waals surface area (Å²) in [5.41, 5.74) is 2.95. The molecule has 0 aliphatic carbocycles. The molecule has 7 heteroatoms. The van der Waals surface area contributed by atoms with Crippen LogP contribution in [0.3, 0.4) is 0 Å². The zero-order valence-electron chi connectivity index (χ0n) is 17.4. The quantitative estimate of drug-likeness (QED) is 0.665. The first kappa shape index (κ1) is 20.9. The van der Waals surface area contributed by atoms with E-state index in [0.717, 1.165) is 11.1 Å². The van der Waals surface area contributed by atoms with Gasteiger partial charge in [-0.3, -0.25) is 9.59 Å². The minimum Gasteiger partial charge on any atom is -0.329 e. The molecule has 3 aromatic rings. The van der Waals surface area contributed by atoms with Crippen LogP contribution in [0, 0.1) is 5.82 Å². The number of amides is 1. The fourth-order valence-electron chi connectivity index (χ4n) is 3.98. The van der Waals surface area contributed by atoms with Crippen LogP contribution in [0.1, 0.15) is 45.7 Å². The van der Waals surface area contributed by atoms with E-state index in [0.29, 0.717) is 43.7 Å². The molecule has 31 heavy (non-hydrogen) atoms. The zero-order chi connectivity index (χ0) is 21.8. The molecule has 2 N–H and O–H groups in total. The van der Waals surface area contributed by atoms with Gasteiger partial charge in [-0.05, 0) is 35.7 Å². The number of rotatable bonds is 5. The summed E-state index contributed by atoms with van der Waals surface area (Å²) in [6.45, 7) is 3.69. The van der Waals surface area contributed by atoms with Gasteiger partial charge in [-0.2, -0.15) is 5.10 Å². The number of carbonyl (C=O) groups is 1. The Morgan fingerprint density at radius 2 is 2.00 bits per heavy atom. The van der Waals surface area contributed by atoms with Gasteiger partial charge in [0.15, 0.2) is 0 Å². The summed E-state index contributed by atoms with van der Waals surface area (Å²) in [6.07, 6.45) is 0.996. The first-order valence-electron chi connectivity index (χ1n) is 10.5. The van der Waals surface area contributed by atoms with Crippen LogP contribution in [0.25, 0.3) is 0 Å². The van der Waals surface area contributed by atoms with E-state index < -0.39 is 5.82 Å². The van der Waals surface area contributed by atoms with Gasteiger partial charge in [-0.25, -0.2) is 9.49 Å². The van der Waals surface area contributed by atoms with Crippen molar-refractivity contribution >= 4 is 5.91 Å². The summed E-state index contributed by atoms with van der Waals surface area (Å²) in [6, 6.07) is 16.0. The number of benzene rings is 2. The van der Waals surface area contributed by atoms with Crippen LogP contribution in [0.5, 0.6) is 0 Å². The van der Waals surface area contributed by atoms with Gasteiger partial charge in [0.2, 0.25) is 0 Å². The molecule has 1 amide bonds. The average Bonchev–Trinajstić information content (AvgIpc) is 2.81. The topological polar surface area (TPSA) is 78.1 Å². The Balaban J connectivity index is 1.61. The van der Waals surface area contributed by atoms with E-state index in [2.05, 4.69) is 15.5 Å². The fraction of sp³-hybridized carbons (Fsp3) is 0.292. The number of H-pyrrole nitrogens is 1. The Bertz CT molecular complexity index is 1130. The summed E-state index contributed by atoms with van der Waals surface area (Å²) < 4.78 is 14.7. The summed E-state index contributed by atoms with van der Waals surface area (Å²) >= 11 is 0. The number of aryl methyl sites for hydroxylation is 1. The lowest BCUT2D eigenvalue weighted by Crippen LogP contribution is -2.48. The van der Waals surface area contributed by atoms with E-state index in [-0.39, 0.29) is 23.1 Å². The van der Waals surface area contributed by atoms with Gasteiger partial charge in [0.05, 0.1) is 17.3 Å². The van der Waals surface area contributed by atoms with Crippen molar-refractivity contribution in [1.82, 2.24) is 20.4 Å². The minimum absolute atomic E-state index is 0.0560. The van der Waals surface area contributed by atoms with Gasteiger partial charge in [0, 0.05) is 31.6 Å². The summed E-state index contributed by atoms with van der Waals surface area (Å²) in [7, 11) is 0. The number of nitrogens with one attached hydrogen (secondary N) is 2. The Morgan fingerprint density at radius 1 is 1.19 bits per heavy atom. The summed E-state index contributed by atoms with van der Waals surface area (Å²) in [5.74, 6) is -0.860. The number of halogens is 1. The van der Waals surface area contributed by atoms with Crippen molar-refractivity contribution < 1.29 is 9.18 Å². The molecule has 0 bridgehead atoms. The predicted octanol–water partition coefficient (Wildman–Crippen LogP) is 2.85. The SMILES string of the molecule is CCc1cc(Cc2ccc(F)c(C(=O)N3CCNCC3c3ccccc3)c2)n[nH]c1=O. The second-order valence-corrected chi connectivity index (χ2v) is 7.69. The van der Waals surface area contributed by atoms with Crippen LogP contribution < -0.4 is 10.9 Å². The molecule has 1 fully saturated rings. The van der Waals surface area contributed by atoms with E-state index in [9.17, 15) is 14.0 Å². The first-order chi connectivity index (χ1) is 15.1. The molecule has 1 atom stereocenters. The molecule has 1 aliphatic rings. The van der Waals surface area contributed by atoms with Crippen molar-refractivity contribution in [2.75, 3.05) is 19.6 Å². The lowest BCUT2D eigenvalue weighted by Gasteiger charge is -2.36. The number of piperazine rings is 1. The van der Waals surface area contributed by atoms with Gasteiger partial charge in [-0.1, -0.05) is 43.3 Å². The average molecular weight is 420 g/mol. The maximum atomic E-state index is 14.7. The van der Waals surface area contributed by atoms with Crippen molar-refractivity contribution in [2.45, 2.75) is 25.8 Å². The van der Waals surface area contributed by atoms with Crippen LogP contribution in [-0.4, -0.2) is 40.6 Å². The molecule has 4 rings (SSSR count). The van der Waals surface area contributed by atoms with Gasteiger partial charge in [0.25, 0.3) is 11.5 Å². The third-order valence-electron chi connectivity index (χ3n) is 5.65. The molecule has 1 unspecified atom stereocenters. The predicted molar refractivity (Wildman–Crippen MR) is 117 cm³/mol. The Hall–Kier alpha value is -3.32. The lowest BCUT2D eigenvalue weighted by molar-refractivity contribution is 0.0629. The Labute approximate surface area is 180 Å². The molecular weight excluding hydrogens is 395 g/mol. The van der Waals surface area contributed by atoms with E-state index in [1.807, 2.05) is 37.3 Å². The molecule has 1 aliphatic heterocycles. The third kappa shape index (κ3) is 4.56. The Kier molecular flexibility index (Phi) is 6.23. The van der Waals surface area contributed by atoms with Crippen molar-refractivity contribution in [1.29, 1.82) is 0 Å². The second-order valence-electron chi connectivity index (χ2n) is 7.69. The maximum Gasteiger partial charge on any atom is 0.267 e. The molecule has 2 heterocycles.